The molecule has 1 amide bonds. The van der Waals surface area contributed by atoms with Crippen LogP contribution in [0.5, 0.6) is 0 Å². The minimum Gasteiger partial charge on any atom is -0.459 e. The molecule has 0 bridgehead atoms. The summed E-state index contributed by atoms with van der Waals surface area (Å²) in [6.45, 7) is 13.1. The number of rotatable bonds is 3. The lowest BCUT2D eigenvalue weighted by atomic mass is 9.91. The van der Waals surface area contributed by atoms with Gasteiger partial charge in [-0.05, 0) is 51.5 Å². The third-order valence-electron chi connectivity index (χ3n) is 4.35. The van der Waals surface area contributed by atoms with E-state index in [4.69, 9.17) is 4.74 Å². The molecule has 0 radical (unpaired) electrons. The van der Waals surface area contributed by atoms with Gasteiger partial charge in [-0.2, -0.15) is 0 Å². The third kappa shape index (κ3) is 3.77. The van der Waals surface area contributed by atoms with Gasteiger partial charge in [0.05, 0.1) is 11.7 Å². The molecular weight excluding hydrogens is 292 g/mol. The highest BCUT2D eigenvalue weighted by Gasteiger charge is 2.30. The molecule has 0 aliphatic carbocycles. The van der Waals surface area contributed by atoms with Crippen LogP contribution >= 0.6 is 0 Å². The van der Waals surface area contributed by atoms with Gasteiger partial charge in [-0.25, -0.2) is 4.79 Å². The highest BCUT2D eigenvalue weighted by atomic mass is 16.5. The quantitative estimate of drug-likeness (QED) is 0.869. The molecule has 128 valence electrons. The van der Waals surface area contributed by atoms with E-state index in [-0.39, 0.29) is 18.0 Å². The number of aryl methyl sites for hydroxylation is 1. The van der Waals surface area contributed by atoms with Gasteiger partial charge in [0.15, 0.2) is 0 Å². The van der Waals surface area contributed by atoms with Crippen LogP contribution in [-0.2, 0) is 4.74 Å². The van der Waals surface area contributed by atoms with Crippen molar-refractivity contribution in [1.82, 2.24) is 9.88 Å². The number of hydrogen-bond acceptors (Lipinski definition) is 3. The molecule has 1 aromatic rings. The highest BCUT2D eigenvalue weighted by molar-refractivity contribution is 6.00. The predicted octanol–water partition coefficient (Wildman–Crippen LogP) is 3.31. The molecule has 1 N–H and O–H groups in total. The maximum absolute atomic E-state index is 12.9. The zero-order valence-electron chi connectivity index (χ0n) is 15.0. The number of carbonyl (C=O) groups is 2. The Morgan fingerprint density at radius 3 is 2.26 bits per heavy atom. The Labute approximate surface area is 138 Å². The van der Waals surface area contributed by atoms with Crippen LogP contribution in [0.15, 0.2) is 0 Å². The second-order valence-electron chi connectivity index (χ2n) is 7.24. The molecule has 0 aromatic carbocycles. The number of nitrogens with zero attached hydrogens (tertiary/aromatic N) is 1. The van der Waals surface area contributed by atoms with Gasteiger partial charge in [0.25, 0.3) is 5.91 Å². The Morgan fingerprint density at radius 2 is 1.74 bits per heavy atom. The molecule has 2 heterocycles. The van der Waals surface area contributed by atoms with Crippen molar-refractivity contribution < 1.29 is 14.3 Å². The van der Waals surface area contributed by atoms with Crippen molar-refractivity contribution in [1.29, 1.82) is 0 Å². The van der Waals surface area contributed by atoms with Gasteiger partial charge in [0, 0.05) is 18.8 Å². The molecule has 2 atom stereocenters. The topological polar surface area (TPSA) is 62.4 Å². The van der Waals surface area contributed by atoms with Crippen LogP contribution in [0.1, 0.15) is 66.2 Å². The van der Waals surface area contributed by atoms with Gasteiger partial charge < -0.3 is 14.6 Å². The molecule has 2 rings (SSSR count). The molecule has 2 unspecified atom stereocenters. The number of nitrogens with one attached hydrogen (secondary N) is 1. The summed E-state index contributed by atoms with van der Waals surface area (Å²) in [5, 5.41) is 0. The Kier molecular flexibility index (Phi) is 5.17. The fraction of sp³-hybridized carbons (Fsp3) is 0.667. The summed E-state index contributed by atoms with van der Waals surface area (Å²) in [4.78, 5) is 30.1. The van der Waals surface area contributed by atoms with E-state index >= 15 is 0 Å². The van der Waals surface area contributed by atoms with E-state index in [2.05, 4.69) is 18.8 Å². The summed E-state index contributed by atoms with van der Waals surface area (Å²) in [6.07, 6.45) is 0.970. The van der Waals surface area contributed by atoms with E-state index in [0.717, 1.165) is 19.5 Å². The monoisotopic (exact) mass is 320 g/mol. The van der Waals surface area contributed by atoms with Crippen molar-refractivity contribution in [2.45, 2.75) is 54.1 Å². The van der Waals surface area contributed by atoms with Crippen LogP contribution in [0.3, 0.4) is 0 Å². The maximum atomic E-state index is 12.9. The number of aromatic amines is 1. The van der Waals surface area contributed by atoms with Gasteiger partial charge in [-0.1, -0.05) is 13.8 Å². The highest BCUT2D eigenvalue weighted by Crippen LogP contribution is 2.25. The van der Waals surface area contributed by atoms with Crippen molar-refractivity contribution in [2.75, 3.05) is 13.1 Å². The SMILES string of the molecule is Cc1[nH]c(C(=O)N2CC(C)CC(C)C2)c(C)c1C(=O)OC(C)C. The summed E-state index contributed by atoms with van der Waals surface area (Å²) in [6, 6.07) is 0. The van der Waals surface area contributed by atoms with Crippen LogP contribution in [0.25, 0.3) is 0 Å². The standard InChI is InChI=1S/C18H28N2O3/c1-10(2)23-18(22)15-13(5)16(19-14(15)6)17(21)20-8-11(3)7-12(4)9-20/h10-12,19H,7-9H2,1-6H3. The number of carbonyl (C=O) groups excluding carboxylic acids is 2. The fourth-order valence-corrected chi connectivity index (χ4v) is 3.53. The lowest BCUT2D eigenvalue weighted by molar-refractivity contribution is 0.0376. The molecule has 1 aromatic heterocycles. The van der Waals surface area contributed by atoms with Crippen LogP contribution in [0.4, 0.5) is 0 Å². The molecule has 1 aliphatic heterocycles. The average molecular weight is 320 g/mol. The molecule has 5 heteroatoms. The molecule has 0 spiro atoms. The van der Waals surface area contributed by atoms with E-state index in [9.17, 15) is 9.59 Å². The lowest BCUT2D eigenvalue weighted by Gasteiger charge is -2.34. The number of ether oxygens (including phenoxy) is 1. The first-order chi connectivity index (χ1) is 10.7. The van der Waals surface area contributed by atoms with Crippen LogP contribution < -0.4 is 0 Å². The van der Waals surface area contributed by atoms with Crippen LogP contribution in [-0.4, -0.2) is 41.0 Å². The summed E-state index contributed by atoms with van der Waals surface area (Å²) in [7, 11) is 0. The van der Waals surface area contributed by atoms with E-state index in [1.54, 1.807) is 0 Å². The maximum Gasteiger partial charge on any atom is 0.340 e. The first kappa shape index (κ1) is 17.6. The van der Waals surface area contributed by atoms with Crippen LogP contribution in [0.2, 0.25) is 0 Å². The molecule has 1 saturated heterocycles. The zero-order valence-corrected chi connectivity index (χ0v) is 15.0. The second-order valence-corrected chi connectivity index (χ2v) is 7.24. The minimum absolute atomic E-state index is 0.0207. The van der Waals surface area contributed by atoms with E-state index < -0.39 is 0 Å². The molecule has 5 nitrogen and oxygen atoms in total. The summed E-state index contributed by atoms with van der Waals surface area (Å²) >= 11 is 0. The fourth-order valence-electron chi connectivity index (χ4n) is 3.53. The summed E-state index contributed by atoms with van der Waals surface area (Å²) in [5.74, 6) is 0.618. The first-order valence-electron chi connectivity index (χ1n) is 8.40. The van der Waals surface area contributed by atoms with E-state index in [1.165, 1.54) is 0 Å². The second kappa shape index (κ2) is 6.77. The Hall–Kier alpha value is -1.78. The lowest BCUT2D eigenvalue weighted by Crippen LogP contribution is -2.42. The van der Waals surface area contributed by atoms with Gasteiger partial charge in [0.1, 0.15) is 5.69 Å². The number of likely N-dealkylation sites (tertiary alicyclic amines) is 1. The molecular formula is C18H28N2O3. The van der Waals surface area contributed by atoms with E-state index in [0.29, 0.717) is 34.4 Å². The van der Waals surface area contributed by atoms with Crippen molar-refractivity contribution in [3.63, 3.8) is 0 Å². The first-order valence-corrected chi connectivity index (χ1v) is 8.40. The summed E-state index contributed by atoms with van der Waals surface area (Å²) < 4.78 is 5.29. The van der Waals surface area contributed by atoms with Crippen molar-refractivity contribution >= 4 is 11.9 Å². The molecule has 1 fully saturated rings. The number of aromatic nitrogens is 1. The molecule has 1 aliphatic rings. The Morgan fingerprint density at radius 1 is 1.17 bits per heavy atom. The van der Waals surface area contributed by atoms with Crippen molar-refractivity contribution in [3.05, 3.63) is 22.5 Å². The number of esters is 1. The largest absolute Gasteiger partial charge is 0.459 e. The number of H-pyrrole nitrogens is 1. The van der Waals surface area contributed by atoms with E-state index in [1.807, 2.05) is 32.6 Å². The van der Waals surface area contributed by atoms with Crippen LogP contribution in [0, 0.1) is 25.7 Å². The Bertz CT molecular complexity index is 594. The summed E-state index contributed by atoms with van der Waals surface area (Å²) in [5.41, 5.74) is 2.37. The van der Waals surface area contributed by atoms with Gasteiger partial charge in [-0.15, -0.1) is 0 Å². The van der Waals surface area contributed by atoms with Crippen molar-refractivity contribution in [3.8, 4) is 0 Å². The van der Waals surface area contributed by atoms with Gasteiger partial charge in [-0.3, -0.25) is 4.79 Å². The van der Waals surface area contributed by atoms with Gasteiger partial charge in [0.2, 0.25) is 0 Å². The van der Waals surface area contributed by atoms with Gasteiger partial charge >= 0.3 is 5.97 Å². The number of amides is 1. The molecule has 0 saturated carbocycles. The average Bonchev–Trinajstić information content (AvgIpc) is 2.71. The number of hydrogen-bond donors (Lipinski definition) is 1. The predicted molar refractivity (Wildman–Crippen MR) is 89.7 cm³/mol. The molecule has 23 heavy (non-hydrogen) atoms. The smallest absolute Gasteiger partial charge is 0.340 e. The normalized spacial score (nSPS) is 21.6. The zero-order chi connectivity index (χ0) is 17.3. The minimum atomic E-state index is -0.370. The number of piperidine rings is 1. The third-order valence-corrected chi connectivity index (χ3v) is 4.35. The Balaban J connectivity index is 2.27. The van der Waals surface area contributed by atoms with Crippen molar-refractivity contribution in [2.24, 2.45) is 11.8 Å².